The van der Waals surface area contributed by atoms with Crippen molar-refractivity contribution in [2.75, 3.05) is 18.8 Å². The lowest BCUT2D eigenvalue weighted by atomic mass is 9.96. The van der Waals surface area contributed by atoms with Gasteiger partial charge in [0.25, 0.3) is 0 Å². The van der Waals surface area contributed by atoms with E-state index in [9.17, 15) is 14.0 Å². The van der Waals surface area contributed by atoms with Gasteiger partial charge in [0.15, 0.2) is 11.6 Å². The third-order valence-electron chi connectivity index (χ3n) is 4.94. The van der Waals surface area contributed by atoms with Crippen LogP contribution in [0.15, 0.2) is 41.3 Å². The van der Waals surface area contributed by atoms with Crippen LogP contribution in [0.4, 0.5) is 10.2 Å². The minimum absolute atomic E-state index is 0.294. The zero-order valence-corrected chi connectivity index (χ0v) is 15.4. The predicted molar refractivity (Wildman–Crippen MR) is 104 cm³/mol. The first kappa shape index (κ1) is 19.8. The monoisotopic (exact) mass is 386 g/mol. The highest BCUT2D eigenvalue weighted by Gasteiger charge is 2.20. The van der Waals surface area contributed by atoms with Crippen LogP contribution >= 0.6 is 0 Å². The van der Waals surface area contributed by atoms with Gasteiger partial charge in [0.1, 0.15) is 0 Å². The summed E-state index contributed by atoms with van der Waals surface area (Å²) in [7, 11) is 0. The van der Waals surface area contributed by atoms with Gasteiger partial charge in [-0.1, -0.05) is 24.3 Å². The molecule has 0 atom stereocenters. The summed E-state index contributed by atoms with van der Waals surface area (Å²) in [5.74, 6) is -1.70. The van der Waals surface area contributed by atoms with Crippen LogP contribution in [-0.2, 0) is 17.9 Å². The number of carboxylic acids is 1. The largest absolute Gasteiger partial charge is 0.478 e. The molecule has 1 aromatic carbocycles. The Labute approximate surface area is 161 Å². The molecule has 0 radical (unpaired) electrons. The first-order valence-corrected chi connectivity index (χ1v) is 9.15. The van der Waals surface area contributed by atoms with Crippen LogP contribution in [0.2, 0.25) is 0 Å². The fraction of sp³-hybridized carbons (Fsp3) is 0.350. The molecular weight excluding hydrogens is 363 g/mol. The van der Waals surface area contributed by atoms with Crippen LogP contribution in [0, 0.1) is 11.7 Å². The minimum Gasteiger partial charge on any atom is -0.478 e. The quantitative estimate of drug-likeness (QED) is 0.736. The Morgan fingerprint density at radius 1 is 1.29 bits per heavy atom. The van der Waals surface area contributed by atoms with E-state index in [-0.39, 0.29) is 5.82 Å². The lowest BCUT2D eigenvalue weighted by Gasteiger charge is -2.32. The van der Waals surface area contributed by atoms with Gasteiger partial charge in [0.2, 0.25) is 0 Å². The molecule has 0 saturated carbocycles. The number of aliphatic carboxylic acids is 1. The average Bonchev–Trinajstić information content (AvgIpc) is 2.67. The van der Waals surface area contributed by atoms with Crippen molar-refractivity contribution >= 4 is 17.9 Å². The standard InChI is InChI=1S/C20H23FN4O3/c21-17-13-25(20(28)23-19(17)22)12-16-7-9-24(10-8-16)11-15-3-1-14(2-4-15)5-6-18(26)27/h1-6,13,16H,7-12H2,(H,26,27)(H2,22,23,28). The molecule has 8 heteroatoms. The highest BCUT2D eigenvalue weighted by molar-refractivity contribution is 5.85. The Bertz CT molecular complexity index is 916. The molecule has 2 heterocycles. The zero-order chi connectivity index (χ0) is 20.1. The number of hydrogen-bond donors (Lipinski definition) is 2. The van der Waals surface area contributed by atoms with Crippen LogP contribution in [0.25, 0.3) is 6.08 Å². The van der Waals surface area contributed by atoms with Crippen molar-refractivity contribution in [2.45, 2.75) is 25.9 Å². The number of aromatic nitrogens is 2. The number of halogens is 1. The SMILES string of the molecule is Nc1nc(=O)n(CC2CCN(Cc3ccc(C=CC(=O)O)cc3)CC2)cc1F. The number of likely N-dealkylation sites (tertiary alicyclic amines) is 1. The first-order chi connectivity index (χ1) is 13.4. The summed E-state index contributed by atoms with van der Waals surface area (Å²) < 4.78 is 14.8. The third kappa shape index (κ3) is 5.26. The average molecular weight is 386 g/mol. The summed E-state index contributed by atoms with van der Waals surface area (Å²) in [6.07, 6.45) is 5.65. The van der Waals surface area contributed by atoms with E-state index in [1.807, 2.05) is 24.3 Å². The Hall–Kier alpha value is -3.00. The lowest BCUT2D eigenvalue weighted by Crippen LogP contribution is -2.36. The van der Waals surface area contributed by atoms with E-state index in [0.29, 0.717) is 12.5 Å². The number of carbonyl (C=O) groups is 1. The minimum atomic E-state index is -0.966. The van der Waals surface area contributed by atoms with E-state index in [4.69, 9.17) is 10.8 Å². The summed E-state index contributed by atoms with van der Waals surface area (Å²) in [5, 5.41) is 8.66. The molecular formula is C20H23FN4O3. The molecule has 0 aliphatic carbocycles. The summed E-state index contributed by atoms with van der Waals surface area (Å²) in [4.78, 5) is 28.2. The highest BCUT2D eigenvalue weighted by Crippen LogP contribution is 2.21. The van der Waals surface area contributed by atoms with Gasteiger partial charge in [-0.05, 0) is 49.1 Å². The summed E-state index contributed by atoms with van der Waals surface area (Å²) in [5.41, 5.74) is 6.81. The van der Waals surface area contributed by atoms with Crippen LogP contribution < -0.4 is 11.4 Å². The fourth-order valence-electron chi connectivity index (χ4n) is 3.37. The van der Waals surface area contributed by atoms with E-state index < -0.39 is 17.5 Å². The van der Waals surface area contributed by atoms with Gasteiger partial charge in [0.05, 0.1) is 0 Å². The second kappa shape index (κ2) is 8.79. The lowest BCUT2D eigenvalue weighted by molar-refractivity contribution is -0.131. The van der Waals surface area contributed by atoms with Gasteiger partial charge in [-0.25, -0.2) is 14.0 Å². The molecule has 148 valence electrons. The summed E-state index contributed by atoms with van der Waals surface area (Å²) in [6, 6.07) is 7.79. The van der Waals surface area contributed by atoms with Gasteiger partial charge < -0.3 is 10.8 Å². The van der Waals surface area contributed by atoms with Crippen molar-refractivity contribution in [1.29, 1.82) is 0 Å². The number of benzene rings is 1. The number of nitrogens with zero attached hydrogens (tertiary/aromatic N) is 3. The zero-order valence-electron chi connectivity index (χ0n) is 15.4. The second-order valence-corrected chi connectivity index (χ2v) is 7.04. The van der Waals surface area contributed by atoms with Gasteiger partial charge in [-0.2, -0.15) is 4.98 Å². The molecule has 0 spiro atoms. The third-order valence-corrected chi connectivity index (χ3v) is 4.94. The maximum atomic E-state index is 13.5. The number of rotatable bonds is 6. The molecule has 0 bridgehead atoms. The number of carboxylic acid groups (broad SMARTS) is 1. The molecule has 3 rings (SSSR count). The summed E-state index contributed by atoms with van der Waals surface area (Å²) >= 11 is 0. The Kier molecular flexibility index (Phi) is 6.20. The molecule has 0 amide bonds. The van der Waals surface area contributed by atoms with Gasteiger partial charge in [-0.3, -0.25) is 9.47 Å². The van der Waals surface area contributed by atoms with Crippen molar-refractivity contribution in [3.05, 3.63) is 64.0 Å². The summed E-state index contributed by atoms with van der Waals surface area (Å²) in [6.45, 7) is 3.05. The van der Waals surface area contributed by atoms with E-state index in [2.05, 4.69) is 9.88 Å². The highest BCUT2D eigenvalue weighted by atomic mass is 19.1. The van der Waals surface area contributed by atoms with Crippen molar-refractivity contribution in [1.82, 2.24) is 14.5 Å². The Morgan fingerprint density at radius 3 is 2.61 bits per heavy atom. The number of nitrogen functional groups attached to an aromatic ring is 1. The van der Waals surface area contributed by atoms with Crippen molar-refractivity contribution < 1.29 is 14.3 Å². The van der Waals surface area contributed by atoms with Crippen LogP contribution in [0.1, 0.15) is 24.0 Å². The van der Waals surface area contributed by atoms with Gasteiger partial charge in [0, 0.05) is 25.4 Å². The molecule has 1 saturated heterocycles. The maximum Gasteiger partial charge on any atom is 0.349 e. The van der Waals surface area contributed by atoms with Crippen molar-refractivity contribution in [3.63, 3.8) is 0 Å². The van der Waals surface area contributed by atoms with Crippen LogP contribution in [0.5, 0.6) is 0 Å². The number of anilines is 1. The van der Waals surface area contributed by atoms with E-state index in [0.717, 1.165) is 55.9 Å². The van der Waals surface area contributed by atoms with E-state index in [1.54, 1.807) is 6.08 Å². The molecule has 7 nitrogen and oxygen atoms in total. The van der Waals surface area contributed by atoms with Crippen molar-refractivity contribution in [2.24, 2.45) is 5.92 Å². The van der Waals surface area contributed by atoms with Gasteiger partial charge >= 0.3 is 11.7 Å². The predicted octanol–water partition coefficient (Wildman–Crippen LogP) is 1.97. The Morgan fingerprint density at radius 2 is 1.96 bits per heavy atom. The topological polar surface area (TPSA) is 101 Å². The smallest absolute Gasteiger partial charge is 0.349 e. The molecule has 28 heavy (non-hydrogen) atoms. The molecule has 0 unspecified atom stereocenters. The van der Waals surface area contributed by atoms with Crippen LogP contribution in [0.3, 0.4) is 0 Å². The van der Waals surface area contributed by atoms with E-state index in [1.165, 1.54) is 4.57 Å². The number of nitrogens with two attached hydrogens (primary N) is 1. The molecule has 1 aromatic heterocycles. The normalized spacial score (nSPS) is 15.9. The molecule has 1 aliphatic rings. The van der Waals surface area contributed by atoms with Crippen LogP contribution in [-0.4, -0.2) is 38.6 Å². The fourth-order valence-corrected chi connectivity index (χ4v) is 3.37. The number of hydrogen-bond acceptors (Lipinski definition) is 5. The van der Waals surface area contributed by atoms with E-state index >= 15 is 0 Å². The molecule has 2 aromatic rings. The maximum absolute atomic E-state index is 13.5. The second-order valence-electron chi connectivity index (χ2n) is 7.04. The molecule has 1 fully saturated rings. The molecule has 1 aliphatic heterocycles. The Balaban J connectivity index is 1.51. The van der Waals surface area contributed by atoms with Gasteiger partial charge in [-0.15, -0.1) is 0 Å². The number of piperidine rings is 1. The first-order valence-electron chi connectivity index (χ1n) is 9.15. The van der Waals surface area contributed by atoms with Crippen molar-refractivity contribution in [3.8, 4) is 0 Å². The molecule has 3 N–H and O–H groups in total.